The van der Waals surface area contributed by atoms with Crippen molar-refractivity contribution in [3.8, 4) is 0 Å². The van der Waals surface area contributed by atoms with Crippen LogP contribution in [0.5, 0.6) is 0 Å². The number of nitrogens with one attached hydrogen (secondary N) is 2. The van der Waals surface area contributed by atoms with Crippen molar-refractivity contribution >= 4 is 11.7 Å². The lowest BCUT2D eigenvalue weighted by atomic mass is 9.94. The fourth-order valence-electron chi connectivity index (χ4n) is 1.69. The molecule has 1 rings (SSSR count). The van der Waals surface area contributed by atoms with Gasteiger partial charge in [-0.3, -0.25) is 4.79 Å². The van der Waals surface area contributed by atoms with Crippen molar-refractivity contribution < 1.29 is 10.0 Å². The third kappa shape index (κ3) is 3.76. The van der Waals surface area contributed by atoms with Gasteiger partial charge in [0, 0.05) is 25.4 Å². The summed E-state index contributed by atoms with van der Waals surface area (Å²) in [5.41, 5.74) is 5.51. The van der Waals surface area contributed by atoms with E-state index < -0.39 is 5.92 Å². The number of imidazole rings is 1. The van der Waals surface area contributed by atoms with Crippen LogP contribution in [0.1, 0.15) is 19.7 Å². The van der Waals surface area contributed by atoms with E-state index in [1.165, 1.54) is 0 Å². The first-order valence-corrected chi connectivity index (χ1v) is 5.79. The van der Waals surface area contributed by atoms with Crippen LogP contribution in [0.25, 0.3) is 0 Å². The zero-order chi connectivity index (χ0) is 13.5. The Kier molecular flexibility index (Phi) is 5.16. The molecule has 0 saturated heterocycles. The first-order valence-electron chi connectivity index (χ1n) is 5.79. The molecule has 100 valence electrons. The summed E-state index contributed by atoms with van der Waals surface area (Å²) in [6, 6.07) is 0. The van der Waals surface area contributed by atoms with Gasteiger partial charge >= 0.3 is 0 Å². The number of amides is 1. The average molecular weight is 253 g/mol. The van der Waals surface area contributed by atoms with E-state index in [1.807, 2.05) is 13.8 Å². The van der Waals surface area contributed by atoms with Crippen LogP contribution in [0.3, 0.4) is 0 Å². The third-order valence-corrected chi connectivity index (χ3v) is 2.60. The topological polar surface area (TPSA) is 116 Å². The molecule has 7 nitrogen and oxygen atoms in total. The molecule has 18 heavy (non-hydrogen) atoms. The van der Waals surface area contributed by atoms with E-state index in [0.29, 0.717) is 13.0 Å². The van der Waals surface area contributed by atoms with Gasteiger partial charge in [0.1, 0.15) is 11.7 Å². The van der Waals surface area contributed by atoms with Crippen LogP contribution in [-0.2, 0) is 11.2 Å². The van der Waals surface area contributed by atoms with Crippen molar-refractivity contribution in [2.24, 2.45) is 22.7 Å². The Morgan fingerprint density at radius 2 is 2.39 bits per heavy atom. The molecule has 1 aromatic rings. The third-order valence-electron chi connectivity index (χ3n) is 2.60. The van der Waals surface area contributed by atoms with Gasteiger partial charge in [0.05, 0.1) is 0 Å². The molecule has 1 atom stereocenters. The van der Waals surface area contributed by atoms with Gasteiger partial charge in [-0.25, -0.2) is 4.98 Å². The van der Waals surface area contributed by atoms with Crippen molar-refractivity contribution in [1.29, 1.82) is 0 Å². The van der Waals surface area contributed by atoms with E-state index in [9.17, 15) is 4.79 Å². The first-order chi connectivity index (χ1) is 8.56. The summed E-state index contributed by atoms with van der Waals surface area (Å²) in [4.78, 5) is 18.9. The number of hydrogen-bond donors (Lipinski definition) is 4. The van der Waals surface area contributed by atoms with Gasteiger partial charge in [-0.1, -0.05) is 19.0 Å². The minimum absolute atomic E-state index is 0.0375. The maximum Gasteiger partial charge on any atom is 0.231 e. The van der Waals surface area contributed by atoms with Gasteiger partial charge in [-0.15, -0.1) is 0 Å². The monoisotopic (exact) mass is 253 g/mol. The number of aromatic amines is 1. The molecule has 0 aliphatic heterocycles. The number of nitrogens with zero attached hydrogens (tertiary/aromatic N) is 2. The van der Waals surface area contributed by atoms with Gasteiger partial charge in [-0.05, 0) is 5.92 Å². The summed E-state index contributed by atoms with van der Waals surface area (Å²) in [7, 11) is 0. The smallest absolute Gasteiger partial charge is 0.231 e. The van der Waals surface area contributed by atoms with Gasteiger partial charge in [0.25, 0.3) is 0 Å². The van der Waals surface area contributed by atoms with E-state index in [2.05, 4.69) is 20.4 Å². The summed E-state index contributed by atoms with van der Waals surface area (Å²) in [6.45, 7) is 4.14. The minimum Gasteiger partial charge on any atom is -0.409 e. The number of amidine groups is 1. The Morgan fingerprint density at radius 1 is 1.67 bits per heavy atom. The molecule has 0 spiro atoms. The molecule has 0 radical (unpaired) electrons. The van der Waals surface area contributed by atoms with Crippen LogP contribution in [0.15, 0.2) is 17.5 Å². The normalized spacial score (nSPS) is 13.6. The van der Waals surface area contributed by atoms with E-state index in [-0.39, 0.29) is 17.7 Å². The molecule has 0 aromatic carbocycles. The SMILES string of the molecule is CC(C)C(C(=O)NCCc1ncc[nH]1)/C(N)=N/O. The molecule has 0 bridgehead atoms. The van der Waals surface area contributed by atoms with Crippen molar-refractivity contribution in [2.75, 3.05) is 6.54 Å². The number of H-pyrrole nitrogens is 1. The number of nitrogens with two attached hydrogens (primary N) is 1. The lowest BCUT2D eigenvalue weighted by Gasteiger charge is -2.18. The van der Waals surface area contributed by atoms with Crippen LogP contribution in [0.4, 0.5) is 0 Å². The Balaban J connectivity index is 2.47. The largest absolute Gasteiger partial charge is 0.409 e. The fourth-order valence-corrected chi connectivity index (χ4v) is 1.69. The Bertz CT molecular complexity index is 400. The maximum absolute atomic E-state index is 11.9. The second kappa shape index (κ2) is 6.63. The first kappa shape index (κ1) is 14.0. The number of hydrogen-bond acceptors (Lipinski definition) is 4. The summed E-state index contributed by atoms with van der Waals surface area (Å²) in [5.74, 6) is -0.163. The van der Waals surface area contributed by atoms with E-state index >= 15 is 0 Å². The molecule has 7 heteroatoms. The highest BCUT2D eigenvalue weighted by atomic mass is 16.4. The number of aromatic nitrogens is 2. The van der Waals surface area contributed by atoms with Crippen LogP contribution >= 0.6 is 0 Å². The Hall–Kier alpha value is -2.05. The van der Waals surface area contributed by atoms with Crippen molar-refractivity contribution in [1.82, 2.24) is 15.3 Å². The second-order valence-electron chi connectivity index (χ2n) is 4.32. The highest BCUT2D eigenvalue weighted by Crippen LogP contribution is 2.11. The molecule has 0 aliphatic carbocycles. The minimum atomic E-state index is -0.619. The number of rotatable bonds is 6. The number of carbonyl (C=O) groups is 1. The number of oxime groups is 1. The molecule has 5 N–H and O–H groups in total. The Morgan fingerprint density at radius 3 is 2.89 bits per heavy atom. The summed E-state index contributed by atoms with van der Waals surface area (Å²) in [6.07, 6.45) is 3.99. The highest BCUT2D eigenvalue weighted by Gasteiger charge is 2.26. The van der Waals surface area contributed by atoms with Crippen molar-refractivity contribution in [3.05, 3.63) is 18.2 Å². The second-order valence-corrected chi connectivity index (χ2v) is 4.32. The maximum atomic E-state index is 11.9. The summed E-state index contributed by atoms with van der Waals surface area (Å²) < 4.78 is 0. The highest BCUT2D eigenvalue weighted by molar-refractivity contribution is 6.02. The molecule has 0 fully saturated rings. The molecule has 1 amide bonds. The summed E-state index contributed by atoms with van der Waals surface area (Å²) in [5, 5.41) is 14.3. The van der Waals surface area contributed by atoms with Crippen LogP contribution in [-0.4, -0.2) is 33.5 Å². The zero-order valence-electron chi connectivity index (χ0n) is 10.6. The van der Waals surface area contributed by atoms with E-state index in [4.69, 9.17) is 10.9 Å². The van der Waals surface area contributed by atoms with Gasteiger partial charge in [-0.2, -0.15) is 0 Å². The van der Waals surface area contributed by atoms with E-state index in [1.54, 1.807) is 12.4 Å². The van der Waals surface area contributed by atoms with Crippen molar-refractivity contribution in [2.45, 2.75) is 20.3 Å². The van der Waals surface area contributed by atoms with Crippen LogP contribution < -0.4 is 11.1 Å². The van der Waals surface area contributed by atoms with Crippen LogP contribution in [0.2, 0.25) is 0 Å². The zero-order valence-corrected chi connectivity index (χ0v) is 10.6. The number of carbonyl (C=O) groups excluding carboxylic acids is 1. The molecule has 1 heterocycles. The fraction of sp³-hybridized carbons (Fsp3) is 0.545. The molecular weight excluding hydrogens is 234 g/mol. The lowest BCUT2D eigenvalue weighted by molar-refractivity contribution is -0.124. The van der Waals surface area contributed by atoms with Gasteiger partial charge in [0.2, 0.25) is 5.91 Å². The quantitative estimate of drug-likeness (QED) is 0.249. The predicted octanol–water partition coefficient (Wildman–Crippen LogP) is 0.0870. The van der Waals surface area contributed by atoms with Crippen LogP contribution in [0, 0.1) is 11.8 Å². The lowest BCUT2D eigenvalue weighted by Crippen LogP contribution is -2.42. The molecule has 1 aromatic heterocycles. The van der Waals surface area contributed by atoms with Gasteiger partial charge in [0.15, 0.2) is 5.84 Å². The Labute approximate surface area is 105 Å². The standard InChI is InChI=1S/C11H19N5O2/c1-7(2)9(10(12)16-18)11(17)15-4-3-8-13-5-6-14-8/h5-7,9,18H,3-4H2,1-2H3,(H2,12,16)(H,13,14)(H,15,17). The molecule has 0 saturated carbocycles. The molecule has 1 unspecified atom stereocenters. The predicted molar refractivity (Wildman–Crippen MR) is 67.0 cm³/mol. The average Bonchev–Trinajstić information content (AvgIpc) is 2.81. The van der Waals surface area contributed by atoms with Crippen molar-refractivity contribution in [3.63, 3.8) is 0 Å². The van der Waals surface area contributed by atoms with Gasteiger partial charge < -0.3 is 21.2 Å². The molecule has 0 aliphatic rings. The van der Waals surface area contributed by atoms with E-state index in [0.717, 1.165) is 5.82 Å². The summed E-state index contributed by atoms with van der Waals surface area (Å²) >= 11 is 0. The molecular formula is C11H19N5O2.